The van der Waals surface area contributed by atoms with Crippen molar-refractivity contribution < 1.29 is 13.9 Å². The summed E-state index contributed by atoms with van der Waals surface area (Å²) < 4.78 is 25.3. The van der Waals surface area contributed by atoms with Crippen LogP contribution in [0.25, 0.3) is 0 Å². The van der Waals surface area contributed by atoms with Crippen LogP contribution >= 0.6 is 0 Å². The van der Waals surface area contributed by atoms with Crippen LogP contribution in [0.1, 0.15) is 28.8 Å². The molecule has 0 radical (unpaired) electrons. The molecule has 0 aliphatic carbocycles. The highest BCUT2D eigenvalue weighted by Gasteiger charge is 2.18. The summed E-state index contributed by atoms with van der Waals surface area (Å²) >= 11 is 0. The molecule has 0 unspecified atom stereocenters. The number of nitrogens with two attached hydrogens (primary N) is 1. The Hall–Kier alpha value is -1.07. The Labute approximate surface area is 80.6 Å². The second kappa shape index (κ2) is 4.43. The van der Waals surface area contributed by atoms with Crippen molar-refractivity contribution >= 4 is 0 Å². The van der Waals surface area contributed by atoms with Gasteiger partial charge in [-0.2, -0.15) is 0 Å². The van der Waals surface area contributed by atoms with Crippen molar-refractivity contribution in [2.24, 2.45) is 5.73 Å². The summed E-state index contributed by atoms with van der Waals surface area (Å²) in [6, 6.07) is 0. The van der Waals surface area contributed by atoms with Crippen LogP contribution in [0.15, 0.2) is 6.20 Å². The second-order valence-corrected chi connectivity index (χ2v) is 2.92. The molecule has 0 fully saturated rings. The number of hydrogen-bond acceptors (Lipinski definition) is 3. The molecule has 0 saturated heterocycles. The van der Waals surface area contributed by atoms with E-state index in [0.29, 0.717) is 5.69 Å². The van der Waals surface area contributed by atoms with Crippen molar-refractivity contribution in [1.82, 2.24) is 4.98 Å². The van der Waals surface area contributed by atoms with Gasteiger partial charge >= 0.3 is 0 Å². The van der Waals surface area contributed by atoms with E-state index in [1.807, 2.05) is 0 Å². The maximum atomic E-state index is 12.6. The lowest BCUT2D eigenvalue weighted by molar-refractivity contribution is 0.145. The summed E-state index contributed by atoms with van der Waals surface area (Å²) in [5, 5.41) is 8.95. The average Bonchev–Trinajstić information content (AvgIpc) is 2.17. The summed E-state index contributed by atoms with van der Waals surface area (Å²) in [5.74, 6) is 0. The van der Waals surface area contributed by atoms with Crippen LogP contribution in [0.3, 0.4) is 0 Å². The zero-order chi connectivity index (χ0) is 10.7. The molecular weight excluding hydrogens is 190 g/mol. The molecule has 78 valence electrons. The topological polar surface area (TPSA) is 59.1 Å². The first kappa shape index (κ1) is 11.0. The lowest BCUT2D eigenvalue weighted by Crippen LogP contribution is -2.09. The molecule has 0 spiro atoms. The third-order valence-electron chi connectivity index (χ3n) is 2.12. The Balaban J connectivity index is 3.36. The van der Waals surface area contributed by atoms with Gasteiger partial charge in [-0.1, -0.05) is 0 Å². The average molecular weight is 202 g/mol. The standard InChI is InChI=1S/C9H12F2N2O/c1-5-7(4-14)8(9(10)11)6(2-12)3-13-5/h3,9,14H,2,4,12H2,1H3. The van der Waals surface area contributed by atoms with Gasteiger partial charge in [0, 0.05) is 29.6 Å². The molecule has 3 N–H and O–H groups in total. The van der Waals surface area contributed by atoms with Crippen LogP contribution < -0.4 is 5.73 Å². The van der Waals surface area contributed by atoms with Crippen LogP contribution in [0.4, 0.5) is 8.78 Å². The first-order valence-electron chi connectivity index (χ1n) is 4.18. The molecule has 14 heavy (non-hydrogen) atoms. The van der Waals surface area contributed by atoms with Gasteiger partial charge in [-0.05, 0) is 12.5 Å². The quantitative estimate of drug-likeness (QED) is 0.776. The van der Waals surface area contributed by atoms with E-state index in [1.165, 1.54) is 6.20 Å². The molecule has 0 aliphatic rings. The number of alkyl halides is 2. The Morgan fingerprint density at radius 2 is 2.21 bits per heavy atom. The second-order valence-electron chi connectivity index (χ2n) is 2.92. The molecule has 1 rings (SSSR count). The fraction of sp³-hybridized carbons (Fsp3) is 0.444. The number of aliphatic hydroxyl groups excluding tert-OH is 1. The smallest absolute Gasteiger partial charge is 0.264 e. The van der Waals surface area contributed by atoms with Gasteiger partial charge in [0.15, 0.2) is 0 Å². The predicted molar refractivity (Wildman–Crippen MR) is 47.7 cm³/mol. The van der Waals surface area contributed by atoms with Gasteiger partial charge in [0.05, 0.1) is 6.61 Å². The van der Waals surface area contributed by atoms with E-state index in [9.17, 15) is 8.78 Å². The monoisotopic (exact) mass is 202 g/mol. The molecule has 0 bridgehead atoms. The molecular formula is C9H12F2N2O. The van der Waals surface area contributed by atoms with E-state index >= 15 is 0 Å². The summed E-state index contributed by atoms with van der Waals surface area (Å²) in [7, 11) is 0. The molecule has 1 heterocycles. The third-order valence-corrected chi connectivity index (χ3v) is 2.12. The Kier molecular flexibility index (Phi) is 3.49. The first-order valence-corrected chi connectivity index (χ1v) is 4.18. The van der Waals surface area contributed by atoms with Gasteiger partial charge in [-0.25, -0.2) is 8.78 Å². The lowest BCUT2D eigenvalue weighted by atomic mass is 10.0. The van der Waals surface area contributed by atoms with Crippen molar-refractivity contribution in [1.29, 1.82) is 0 Å². The Morgan fingerprint density at radius 1 is 1.57 bits per heavy atom. The van der Waals surface area contributed by atoms with Gasteiger partial charge in [-0.15, -0.1) is 0 Å². The van der Waals surface area contributed by atoms with E-state index in [1.54, 1.807) is 6.92 Å². The van der Waals surface area contributed by atoms with E-state index < -0.39 is 13.0 Å². The summed E-state index contributed by atoms with van der Waals surface area (Å²) in [6.45, 7) is 1.14. The molecule has 0 amide bonds. The maximum absolute atomic E-state index is 12.6. The Bertz CT molecular complexity index is 329. The van der Waals surface area contributed by atoms with Crippen LogP contribution in [0.2, 0.25) is 0 Å². The molecule has 0 saturated carbocycles. The zero-order valence-corrected chi connectivity index (χ0v) is 7.80. The molecule has 0 atom stereocenters. The number of hydrogen-bond donors (Lipinski definition) is 2. The highest BCUT2D eigenvalue weighted by molar-refractivity contribution is 5.36. The number of aliphatic hydroxyl groups is 1. The molecule has 5 heteroatoms. The fourth-order valence-corrected chi connectivity index (χ4v) is 1.35. The van der Waals surface area contributed by atoms with Crippen molar-refractivity contribution in [2.75, 3.05) is 0 Å². The minimum absolute atomic E-state index is 0.0000463. The number of pyridine rings is 1. The molecule has 0 aliphatic heterocycles. The van der Waals surface area contributed by atoms with Gasteiger partial charge in [-0.3, -0.25) is 4.98 Å². The van der Waals surface area contributed by atoms with E-state index in [0.717, 1.165) is 0 Å². The first-order chi connectivity index (χ1) is 6.61. The number of nitrogens with zero attached hydrogens (tertiary/aromatic N) is 1. The van der Waals surface area contributed by atoms with E-state index in [2.05, 4.69) is 4.98 Å². The van der Waals surface area contributed by atoms with Crippen molar-refractivity contribution in [2.45, 2.75) is 26.5 Å². The molecule has 3 nitrogen and oxygen atoms in total. The molecule has 1 aromatic heterocycles. The van der Waals surface area contributed by atoms with Crippen LogP contribution in [0, 0.1) is 6.92 Å². The third kappa shape index (κ3) is 1.88. The summed E-state index contributed by atoms with van der Waals surface area (Å²) in [4.78, 5) is 3.89. The van der Waals surface area contributed by atoms with Crippen molar-refractivity contribution in [3.63, 3.8) is 0 Å². The SMILES string of the molecule is Cc1ncc(CN)c(C(F)F)c1CO. The van der Waals surface area contributed by atoms with Crippen LogP contribution in [0.5, 0.6) is 0 Å². The highest BCUT2D eigenvalue weighted by Crippen LogP contribution is 2.27. The fourth-order valence-electron chi connectivity index (χ4n) is 1.35. The van der Waals surface area contributed by atoms with Crippen LogP contribution in [-0.4, -0.2) is 10.1 Å². The number of aromatic nitrogens is 1. The van der Waals surface area contributed by atoms with Gasteiger partial charge < -0.3 is 10.8 Å². The minimum atomic E-state index is -2.63. The van der Waals surface area contributed by atoms with Gasteiger partial charge in [0.1, 0.15) is 0 Å². The number of rotatable bonds is 3. The number of aryl methyl sites for hydroxylation is 1. The summed E-state index contributed by atoms with van der Waals surface area (Å²) in [5.41, 5.74) is 6.02. The number of halogens is 2. The largest absolute Gasteiger partial charge is 0.392 e. The zero-order valence-electron chi connectivity index (χ0n) is 7.80. The van der Waals surface area contributed by atoms with Crippen molar-refractivity contribution in [3.8, 4) is 0 Å². The summed E-state index contributed by atoms with van der Waals surface area (Å²) in [6.07, 6.45) is -1.30. The normalized spacial score (nSPS) is 11.0. The Morgan fingerprint density at radius 3 is 2.64 bits per heavy atom. The van der Waals surface area contributed by atoms with Crippen LogP contribution in [-0.2, 0) is 13.2 Å². The van der Waals surface area contributed by atoms with E-state index in [-0.39, 0.29) is 23.2 Å². The molecule has 0 aromatic carbocycles. The van der Waals surface area contributed by atoms with Gasteiger partial charge in [0.25, 0.3) is 6.43 Å². The maximum Gasteiger partial charge on any atom is 0.264 e. The minimum Gasteiger partial charge on any atom is -0.392 e. The lowest BCUT2D eigenvalue weighted by Gasteiger charge is -2.13. The van der Waals surface area contributed by atoms with Gasteiger partial charge in [0.2, 0.25) is 0 Å². The molecule has 1 aromatic rings. The van der Waals surface area contributed by atoms with E-state index in [4.69, 9.17) is 10.8 Å². The predicted octanol–water partition coefficient (Wildman–Crippen LogP) is 1.28. The van der Waals surface area contributed by atoms with Crippen molar-refractivity contribution in [3.05, 3.63) is 28.6 Å². The highest BCUT2D eigenvalue weighted by atomic mass is 19.3.